The first-order valence-electron chi connectivity index (χ1n) is 10.9. The van der Waals surface area contributed by atoms with E-state index in [0.29, 0.717) is 5.32 Å². The van der Waals surface area contributed by atoms with Gasteiger partial charge in [-0.05, 0) is 13.0 Å². The molecule has 0 heterocycles. The molecule has 0 aliphatic carbocycles. The Kier molecular flexibility index (Phi) is 12.0. The fourth-order valence-electron chi connectivity index (χ4n) is 2.93. The van der Waals surface area contributed by atoms with E-state index in [1.54, 1.807) is 0 Å². The van der Waals surface area contributed by atoms with Gasteiger partial charge in [-0.25, -0.2) is 0 Å². The van der Waals surface area contributed by atoms with E-state index in [1.807, 2.05) is 0 Å². The number of nitrogens with zero attached hydrogens (tertiary/aromatic N) is 1. The number of halogens is 21. The summed E-state index contributed by atoms with van der Waals surface area (Å²) < 4.78 is 280. The standard InChI is InChI=1S/C18H17F21N2O3/c19-9(20,8(44)40-2-1-3-41(4-6-42)5-7-43)10(21,22)11(23,24)12(25,26)13(27,28)14(29,30)15(31,32)16(33,34)17(35,36)18(37,38)39/h42-43H,1-7H2,(H,40,44). The van der Waals surface area contributed by atoms with Crippen molar-refractivity contribution < 1.29 is 107 Å². The van der Waals surface area contributed by atoms with E-state index in [-0.39, 0.29) is 13.1 Å². The summed E-state index contributed by atoms with van der Waals surface area (Å²) in [5.41, 5.74) is 0. The highest BCUT2D eigenvalue weighted by Gasteiger charge is 2.98. The first-order valence-corrected chi connectivity index (χ1v) is 10.9. The summed E-state index contributed by atoms with van der Waals surface area (Å²) >= 11 is 0. The van der Waals surface area contributed by atoms with Crippen LogP contribution in [0, 0.1) is 0 Å². The summed E-state index contributed by atoms with van der Waals surface area (Å²) in [5, 5.41) is 18.2. The summed E-state index contributed by atoms with van der Waals surface area (Å²) in [5.74, 6) is -82.7. The second-order valence-corrected chi connectivity index (χ2v) is 8.57. The molecule has 1 amide bonds. The predicted octanol–water partition coefficient (Wildman–Crippen LogP) is 5.06. The van der Waals surface area contributed by atoms with Crippen molar-refractivity contribution >= 4 is 5.91 Å². The first kappa shape index (κ1) is 41.9. The third-order valence-electron chi connectivity index (χ3n) is 5.57. The molecule has 0 aliphatic heterocycles. The van der Waals surface area contributed by atoms with E-state index in [4.69, 9.17) is 10.2 Å². The fraction of sp³-hybridized carbons (Fsp3) is 0.944. The van der Waals surface area contributed by atoms with E-state index in [9.17, 15) is 97.0 Å². The number of nitrogens with one attached hydrogen (secondary N) is 1. The molecular weight excluding hydrogens is 691 g/mol. The SMILES string of the molecule is O=C(NCCCN(CCO)CCO)C(F)(F)C(F)(F)C(F)(F)C(F)(F)C(F)(F)C(F)(F)C(F)(F)C(F)(F)C(F)(F)C(F)(F)F. The van der Waals surface area contributed by atoms with Crippen LogP contribution in [0.25, 0.3) is 0 Å². The molecule has 5 nitrogen and oxygen atoms in total. The van der Waals surface area contributed by atoms with E-state index in [2.05, 4.69) is 0 Å². The van der Waals surface area contributed by atoms with Gasteiger partial charge in [-0.15, -0.1) is 0 Å². The molecule has 44 heavy (non-hydrogen) atoms. The Morgan fingerprint density at radius 1 is 0.477 bits per heavy atom. The largest absolute Gasteiger partial charge is 0.460 e. The molecule has 0 aromatic carbocycles. The third kappa shape index (κ3) is 6.29. The Balaban J connectivity index is 6.52. The molecule has 0 saturated heterocycles. The number of hydrogen-bond acceptors (Lipinski definition) is 4. The second-order valence-electron chi connectivity index (χ2n) is 8.57. The van der Waals surface area contributed by atoms with Gasteiger partial charge in [0.05, 0.1) is 13.2 Å². The van der Waals surface area contributed by atoms with Gasteiger partial charge in [-0.3, -0.25) is 9.69 Å². The summed E-state index contributed by atoms with van der Waals surface area (Å²) in [6.07, 6.45) is -8.72. The zero-order valence-electron chi connectivity index (χ0n) is 20.6. The van der Waals surface area contributed by atoms with Crippen LogP contribution in [0.15, 0.2) is 0 Å². The third-order valence-corrected chi connectivity index (χ3v) is 5.57. The van der Waals surface area contributed by atoms with Crippen LogP contribution >= 0.6 is 0 Å². The monoisotopic (exact) mass is 708 g/mol. The van der Waals surface area contributed by atoms with Crippen molar-refractivity contribution in [3.8, 4) is 0 Å². The van der Waals surface area contributed by atoms with Gasteiger partial charge in [-0.2, -0.15) is 92.2 Å². The Bertz CT molecular complexity index is 976. The lowest BCUT2D eigenvalue weighted by atomic mass is 9.86. The zero-order chi connectivity index (χ0) is 35.8. The number of carbonyl (C=O) groups excluding carboxylic acids is 1. The molecule has 26 heteroatoms. The molecule has 0 bridgehead atoms. The van der Waals surface area contributed by atoms with Crippen LogP contribution in [0.4, 0.5) is 92.2 Å². The van der Waals surface area contributed by atoms with E-state index in [0.717, 1.165) is 4.90 Å². The van der Waals surface area contributed by atoms with E-state index >= 15 is 0 Å². The topological polar surface area (TPSA) is 72.8 Å². The van der Waals surface area contributed by atoms with Crippen LogP contribution in [0.5, 0.6) is 0 Å². The maximum absolute atomic E-state index is 13.9. The number of alkyl halides is 21. The Hall–Kier alpha value is -2.12. The Morgan fingerprint density at radius 2 is 0.773 bits per heavy atom. The minimum absolute atomic E-state index is 0.248. The van der Waals surface area contributed by atoms with Gasteiger partial charge in [0.15, 0.2) is 0 Å². The average molecular weight is 708 g/mol. The maximum Gasteiger partial charge on any atom is 0.460 e. The highest BCUT2D eigenvalue weighted by Crippen LogP contribution is 2.66. The molecule has 0 aliphatic rings. The van der Waals surface area contributed by atoms with Gasteiger partial charge in [-0.1, -0.05) is 0 Å². The Labute approximate surface area is 229 Å². The van der Waals surface area contributed by atoms with Gasteiger partial charge in [0.25, 0.3) is 5.91 Å². The van der Waals surface area contributed by atoms with Crippen LogP contribution in [-0.2, 0) is 4.79 Å². The maximum atomic E-state index is 13.9. The van der Waals surface area contributed by atoms with E-state index < -0.39 is 98.1 Å². The molecule has 0 saturated carbocycles. The van der Waals surface area contributed by atoms with Crippen LogP contribution in [0.2, 0.25) is 0 Å². The molecule has 0 aromatic heterocycles. The lowest BCUT2D eigenvalue weighted by Crippen LogP contribution is -2.77. The highest BCUT2D eigenvalue weighted by molar-refractivity contribution is 5.84. The molecule has 0 aromatic rings. The molecule has 0 rings (SSSR count). The van der Waals surface area contributed by atoms with Crippen molar-refractivity contribution in [2.24, 2.45) is 0 Å². The van der Waals surface area contributed by atoms with Gasteiger partial charge in [0.1, 0.15) is 0 Å². The molecule has 0 radical (unpaired) electrons. The summed E-state index contributed by atoms with van der Waals surface area (Å²) in [4.78, 5) is 12.5. The Morgan fingerprint density at radius 3 is 1.07 bits per heavy atom. The van der Waals surface area contributed by atoms with Gasteiger partial charge < -0.3 is 15.5 Å². The van der Waals surface area contributed by atoms with Gasteiger partial charge in [0, 0.05) is 19.6 Å². The highest BCUT2D eigenvalue weighted by atomic mass is 19.4. The van der Waals surface area contributed by atoms with Crippen LogP contribution in [0.1, 0.15) is 6.42 Å². The van der Waals surface area contributed by atoms with Crippen LogP contribution in [0.3, 0.4) is 0 Å². The second kappa shape index (κ2) is 12.6. The molecule has 264 valence electrons. The van der Waals surface area contributed by atoms with Gasteiger partial charge in [0.2, 0.25) is 0 Å². The molecule has 0 unspecified atom stereocenters. The minimum Gasteiger partial charge on any atom is -0.395 e. The summed E-state index contributed by atoms with van der Waals surface area (Å²) in [7, 11) is 0. The summed E-state index contributed by atoms with van der Waals surface area (Å²) in [6, 6.07) is 0. The molecule has 3 N–H and O–H groups in total. The van der Waals surface area contributed by atoms with Crippen molar-refractivity contribution in [3.63, 3.8) is 0 Å². The van der Waals surface area contributed by atoms with Crippen molar-refractivity contribution in [3.05, 3.63) is 0 Å². The number of carbonyl (C=O) groups is 1. The number of aliphatic hydroxyl groups excluding tert-OH is 2. The predicted molar refractivity (Wildman–Crippen MR) is 98.8 cm³/mol. The summed E-state index contributed by atoms with van der Waals surface area (Å²) in [6.45, 7) is -3.40. The molecular formula is C18H17F21N2O3. The number of amides is 1. The number of hydrogen-bond donors (Lipinski definition) is 3. The molecule has 0 atom stereocenters. The minimum atomic E-state index is -9.28. The van der Waals surface area contributed by atoms with Crippen LogP contribution in [-0.4, -0.2) is 120 Å². The normalized spacial score (nSPS) is 15.6. The van der Waals surface area contributed by atoms with Crippen molar-refractivity contribution in [2.75, 3.05) is 39.4 Å². The van der Waals surface area contributed by atoms with Crippen LogP contribution < -0.4 is 5.32 Å². The quantitative estimate of drug-likeness (QED) is 0.146. The zero-order valence-corrected chi connectivity index (χ0v) is 20.6. The number of aliphatic hydroxyl groups is 2. The van der Waals surface area contributed by atoms with E-state index in [1.165, 1.54) is 0 Å². The molecule has 0 spiro atoms. The number of rotatable bonds is 17. The van der Waals surface area contributed by atoms with Crippen molar-refractivity contribution in [2.45, 2.75) is 65.9 Å². The molecule has 0 fully saturated rings. The van der Waals surface area contributed by atoms with Crippen molar-refractivity contribution in [1.29, 1.82) is 0 Å². The fourth-order valence-corrected chi connectivity index (χ4v) is 2.93. The lowest BCUT2D eigenvalue weighted by Gasteiger charge is -2.44. The lowest BCUT2D eigenvalue weighted by molar-refractivity contribution is -0.472. The first-order chi connectivity index (χ1) is 19.2. The average Bonchev–Trinajstić information content (AvgIpc) is 2.84. The van der Waals surface area contributed by atoms with Crippen molar-refractivity contribution in [1.82, 2.24) is 10.2 Å². The smallest absolute Gasteiger partial charge is 0.395 e. The van der Waals surface area contributed by atoms with Gasteiger partial charge >= 0.3 is 59.5 Å².